The molecule has 3 heterocycles. The van der Waals surface area contributed by atoms with Crippen molar-refractivity contribution in [2.45, 2.75) is 29.7 Å². The summed E-state index contributed by atoms with van der Waals surface area (Å²) in [6.07, 6.45) is 0.276. The van der Waals surface area contributed by atoms with Gasteiger partial charge in [0.05, 0.1) is 4.90 Å². The Morgan fingerprint density at radius 3 is 2.78 bits per heavy atom. The molecule has 2 aliphatic heterocycles. The van der Waals surface area contributed by atoms with Gasteiger partial charge >= 0.3 is 5.97 Å². The Balaban J connectivity index is 1.56. The number of hydrogen-bond acceptors (Lipinski definition) is 10. The molecule has 1 saturated heterocycles. The molecule has 1 fully saturated rings. The molecule has 37 heavy (non-hydrogen) atoms. The number of carboxylic acids is 1. The number of carbonyl (C=O) groups excluding carboxylic acids is 2. The first-order chi connectivity index (χ1) is 17.7. The van der Waals surface area contributed by atoms with E-state index in [9.17, 15) is 23.7 Å². The number of amides is 2. The Morgan fingerprint density at radius 2 is 2.16 bits per heavy atom. The number of aryl methyl sites for hydroxylation is 1. The van der Waals surface area contributed by atoms with Crippen LogP contribution in [0.15, 0.2) is 44.9 Å². The lowest BCUT2D eigenvalue weighted by Gasteiger charge is -2.49. The largest absolute Gasteiger partial charge is 0.477 e. The van der Waals surface area contributed by atoms with E-state index in [1.54, 1.807) is 19.2 Å². The zero-order valence-electron chi connectivity index (χ0n) is 20.0. The van der Waals surface area contributed by atoms with Crippen LogP contribution in [-0.4, -0.2) is 74.0 Å². The van der Waals surface area contributed by atoms with Crippen molar-refractivity contribution in [2.24, 2.45) is 5.16 Å². The number of aromatic nitrogens is 1. The standard InChI is InChI=1S/C22H24N6O6S3/c1-10-4-5-13(37(33)24-2)7-11(10)6-12-8-35-20-16(19(30)28(20)17(12)21(31)32)26-18(29)15(27-34-3)14-9-36-22(23)25-14/h4-5,7,9,16,20,24H,6,8H2,1-3H3,(H2,23,25)(H,26,29)(H,31,32)/b27-15-. The molecule has 2 aliphatic rings. The number of benzene rings is 1. The molecule has 2 amide bonds. The number of thiazole rings is 1. The zero-order chi connectivity index (χ0) is 26.9. The number of nitrogens with two attached hydrogens (primary N) is 1. The van der Waals surface area contributed by atoms with E-state index < -0.39 is 40.2 Å². The number of nitrogens with zero attached hydrogens (tertiary/aromatic N) is 3. The van der Waals surface area contributed by atoms with Crippen LogP contribution >= 0.6 is 23.1 Å². The van der Waals surface area contributed by atoms with Crippen LogP contribution in [0.4, 0.5) is 5.13 Å². The molecule has 12 nitrogen and oxygen atoms in total. The highest BCUT2D eigenvalue weighted by atomic mass is 32.2. The number of carbonyl (C=O) groups is 3. The maximum atomic E-state index is 13.1. The van der Waals surface area contributed by atoms with E-state index in [1.165, 1.54) is 29.2 Å². The molecule has 2 aromatic rings. The molecule has 0 saturated carbocycles. The van der Waals surface area contributed by atoms with Crippen molar-refractivity contribution < 1.29 is 28.5 Å². The van der Waals surface area contributed by atoms with E-state index in [2.05, 4.69) is 20.2 Å². The first-order valence-electron chi connectivity index (χ1n) is 10.9. The van der Waals surface area contributed by atoms with Crippen molar-refractivity contribution in [1.82, 2.24) is 19.9 Å². The van der Waals surface area contributed by atoms with Crippen LogP contribution in [0.5, 0.6) is 0 Å². The van der Waals surface area contributed by atoms with E-state index in [0.29, 0.717) is 16.2 Å². The van der Waals surface area contributed by atoms with Crippen LogP contribution in [0.3, 0.4) is 0 Å². The van der Waals surface area contributed by atoms with Crippen LogP contribution in [0.2, 0.25) is 0 Å². The van der Waals surface area contributed by atoms with Crippen molar-refractivity contribution in [3.05, 3.63) is 51.7 Å². The number of β-lactam (4-membered cyclic amide) rings is 1. The van der Waals surface area contributed by atoms with E-state index in [1.807, 2.05) is 13.0 Å². The normalized spacial score (nSPS) is 20.2. The summed E-state index contributed by atoms with van der Waals surface area (Å²) in [5.41, 5.74) is 7.89. The fourth-order valence-electron chi connectivity index (χ4n) is 4.02. The van der Waals surface area contributed by atoms with Crippen molar-refractivity contribution >= 4 is 62.7 Å². The quantitative estimate of drug-likeness (QED) is 0.193. The third-order valence-electron chi connectivity index (χ3n) is 5.82. The summed E-state index contributed by atoms with van der Waals surface area (Å²) >= 11 is 2.47. The van der Waals surface area contributed by atoms with Gasteiger partial charge in [-0.15, -0.1) is 23.1 Å². The number of aliphatic carboxylic acids is 1. The van der Waals surface area contributed by atoms with Crippen molar-refractivity contribution in [3.63, 3.8) is 0 Å². The Hall–Kier alpha value is -3.27. The van der Waals surface area contributed by atoms with Gasteiger partial charge < -0.3 is 21.0 Å². The number of nitrogen functional groups attached to an aromatic ring is 1. The highest BCUT2D eigenvalue weighted by molar-refractivity contribution is 8.00. The third kappa shape index (κ3) is 5.25. The number of hydrogen-bond donors (Lipinski definition) is 4. The second-order valence-electron chi connectivity index (χ2n) is 8.05. The van der Waals surface area contributed by atoms with Gasteiger partial charge in [0.1, 0.15) is 40.9 Å². The van der Waals surface area contributed by atoms with Gasteiger partial charge in [-0.2, -0.15) is 0 Å². The minimum atomic E-state index is -1.39. The first kappa shape index (κ1) is 26.8. The Bertz CT molecular complexity index is 1360. The van der Waals surface area contributed by atoms with E-state index >= 15 is 0 Å². The van der Waals surface area contributed by atoms with Crippen LogP contribution in [-0.2, 0) is 36.6 Å². The second kappa shape index (κ2) is 11.0. The lowest BCUT2D eigenvalue weighted by molar-refractivity contribution is -0.150. The summed E-state index contributed by atoms with van der Waals surface area (Å²) in [4.78, 5) is 48.8. The molecular formula is C22H24N6O6S3. The van der Waals surface area contributed by atoms with Crippen molar-refractivity contribution in [1.29, 1.82) is 0 Å². The van der Waals surface area contributed by atoms with Gasteiger partial charge in [-0.05, 0) is 49.2 Å². The SMILES string of the molecule is CNS(=O)c1ccc(C)c(CC2=C(C(=O)O)N3C(=O)C(NC(=O)/C(=N\OC)c4csc(N)n4)C3SC2)c1. The number of carboxylic acid groups (broad SMARTS) is 1. The summed E-state index contributed by atoms with van der Waals surface area (Å²) in [6, 6.07) is 4.40. The molecule has 196 valence electrons. The molecule has 5 N–H and O–H groups in total. The number of rotatable bonds is 9. The molecular weight excluding hydrogens is 540 g/mol. The van der Waals surface area contributed by atoms with Gasteiger partial charge in [-0.25, -0.2) is 18.7 Å². The molecule has 0 aliphatic carbocycles. The number of fused-ring (bicyclic) bond motifs is 1. The molecule has 4 rings (SSSR count). The molecule has 15 heteroatoms. The molecule has 3 unspecified atom stereocenters. The van der Waals surface area contributed by atoms with E-state index in [0.717, 1.165) is 22.5 Å². The monoisotopic (exact) mass is 564 g/mol. The maximum absolute atomic E-state index is 13.1. The number of oxime groups is 1. The van der Waals surface area contributed by atoms with Crippen LogP contribution in [0, 0.1) is 6.92 Å². The van der Waals surface area contributed by atoms with Gasteiger partial charge in [-0.3, -0.25) is 14.5 Å². The van der Waals surface area contributed by atoms with Crippen molar-refractivity contribution in [3.8, 4) is 0 Å². The molecule has 3 atom stereocenters. The summed E-state index contributed by atoms with van der Waals surface area (Å²) < 4.78 is 14.9. The molecule has 1 aromatic heterocycles. The smallest absolute Gasteiger partial charge is 0.352 e. The number of thioether (sulfide) groups is 1. The average molecular weight is 565 g/mol. The minimum absolute atomic E-state index is 0.100. The maximum Gasteiger partial charge on any atom is 0.352 e. The topological polar surface area (TPSA) is 176 Å². The van der Waals surface area contributed by atoms with Gasteiger partial charge in [0.2, 0.25) is 0 Å². The predicted molar refractivity (Wildman–Crippen MR) is 140 cm³/mol. The molecule has 0 radical (unpaired) electrons. The van der Waals surface area contributed by atoms with Gasteiger partial charge in [0.15, 0.2) is 10.8 Å². The molecule has 1 aromatic carbocycles. The molecule has 0 bridgehead atoms. The molecule has 0 spiro atoms. The highest BCUT2D eigenvalue weighted by Crippen LogP contribution is 2.41. The van der Waals surface area contributed by atoms with Gasteiger partial charge in [0.25, 0.3) is 11.8 Å². The van der Waals surface area contributed by atoms with E-state index in [-0.39, 0.29) is 28.7 Å². The second-order valence-corrected chi connectivity index (χ2v) is 11.5. The lowest BCUT2D eigenvalue weighted by atomic mass is 9.97. The third-order valence-corrected chi connectivity index (χ3v) is 8.89. The minimum Gasteiger partial charge on any atom is -0.477 e. The highest BCUT2D eigenvalue weighted by Gasteiger charge is 2.54. The van der Waals surface area contributed by atoms with Gasteiger partial charge in [-0.1, -0.05) is 11.2 Å². The first-order valence-corrected chi connectivity index (χ1v) is 14.0. The Labute approximate surface area is 222 Å². The van der Waals surface area contributed by atoms with Crippen LogP contribution in [0.25, 0.3) is 0 Å². The van der Waals surface area contributed by atoms with Crippen molar-refractivity contribution in [2.75, 3.05) is 25.6 Å². The summed E-state index contributed by atoms with van der Waals surface area (Å²) in [6.45, 7) is 1.89. The van der Waals surface area contributed by atoms with Crippen LogP contribution < -0.4 is 15.8 Å². The Morgan fingerprint density at radius 1 is 1.41 bits per heavy atom. The predicted octanol–water partition coefficient (Wildman–Crippen LogP) is 0.608. The number of anilines is 1. The summed E-state index contributed by atoms with van der Waals surface area (Å²) in [5.74, 6) is -2.13. The average Bonchev–Trinajstić information content (AvgIpc) is 3.31. The fraction of sp³-hybridized carbons (Fsp3) is 0.318. The number of nitrogens with one attached hydrogen (secondary N) is 2. The summed E-state index contributed by atoms with van der Waals surface area (Å²) in [5, 5.41) is 17.5. The van der Waals surface area contributed by atoms with Crippen LogP contribution in [0.1, 0.15) is 16.8 Å². The Kier molecular flexibility index (Phi) is 7.96. The fourth-order valence-corrected chi connectivity index (χ4v) is 6.59. The zero-order valence-corrected chi connectivity index (χ0v) is 22.5. The summed E-state index contributed by atoms with van der Waals surface area (Å²) in [7, 11) is 1.47. The van der Waals surface area contributed by atoms with Gasteiger partial charge in [0, 0.05) is 11.1 Å². The lowest BCUT2D eigenvalue weighted by Crippen LogP contribution is -2.71. The van der Waals surface area contributed by atoms with E-state index in [4.69, 9.17) is 10.6 Å².